The van der Waals surface area contributed by atoms with Gasteiger partial charge in [-0.1, -0.05) is 39.8 Å². The number of ether oxygens (including phenoxy) is 1. The Hall–Kier alpha value is -1.06. The first-order valence-electron chi connectivity index (χ1n) is 7.40. The minimum atomic E-state index is -0.264. The quantitative estimate of drug-likeness (QED) is 0.806. The normalized spacial score (nSPS) is 14.9. The molecule has 0 aliphatic rings. The fourth-order valence-corrected chi connectivity index (χ4v) is 2.10. The van der Waals surface area contributed by atoms with E-state index in [1.54, 1.807) is 0 Å². The lowest BCUT2D eigenvalue weighted by atomic mass is 9.87. The number of nitrogens with one attached hydrogen (secondary N) is 1. The molecule has 3 heteroatoms. The van der Waals surface area contributed by atoms with Crippen LogP contribution in [0.15, 0.2) is 24.3 Å². The van der Waals surface area contributed by atoms with E-state index in [4.69, 9.17) is 4.74 Å². The van der Waals surface area contributed by atoms with Crippen LogP contribution in [0.5, 0.6) is 5.75 Å². The maximum Gasteiger partial charge on any atom is 0.119 e. The second-order valence-electron chi connectivity index (χ2n) is 6.62. The molecule has 20 heavy (non-hydrogen) atoms. The highest BCUT2D eigenvalue weighted by Gasteiger charge is 2.21. The number of aliphatic hydroxyl groups is 1. The van der Waals surface area contributed by atoms with Crippen LogP contribution in [0.1, 0.15) is 46.6 Å². The Balaban J connectivity index is 2.50. The van der Waals surface area contributed by atoms with Gasteiger partial charge in [-0.15, -0.1) is 0 Å². The third-order valence-electron chi connectivity index (χ3n) is 3.60. The van der Waals surface area contributed by atoms with Gasteiger partial charge in [-0.05, 0) is 36.6 Å². The molecule has 0 heterocycles. The van der Waals surface area contributed by atoms with Crippen LogP contribution in [0.2, 0.25) is 0 Å². The lowest BCUT2D eigenvalue weighted by molar-refractivity contribution is 0.146. The molecule has 0 aromatic heterocycles. The number of rotatable bonds is 7. The van der Waals surface area contributed by atoms with Gasteiger partial charge in [0.05, 0.1) is 13.2 Å². The Bertz CT molecular complexity index is 394. The van der Waals surface area contributed by atoms with Gasteiger partial charge >= 0.3 is 0 Å². The maximum absolute atomic E-state index is 9.42. The Morgan fingerprint density at radius 1 is 1.10 bits per heavy atom. The largest absolute Gasteiger partial charge is 0.494 e. The van der Waals surface area contributed by atoms with Crippen LogP contribution in [0.25, 0.3) is 0 Å². The molecule has 0 bridgehead atoms. The Kier molecular flexibility index (Phi) is 6.03. The van der Waals surface area contributed by atoms with Crippen LogP contribution in [-0.2, 0) is 5.41 Å². The molecule has 2 N–H and O–H groups in total. The second kappa shape index (κ2) is 7.09. The van der Waals surface area contributed by atoms with E-state index in [2.05, 4.69) is 38.2 Å². The van der Waals surface area contributed by atoms with Crippen LogP contribution < -0.4 is 10.1 Å². The van der Waals surface area contributed by atoms with E-state index in [-0.39, 0.29) is 17.6 Å². The summed E-state index contributed by atoms with van der Waals surface area (Å²) in [6, 6.07) is 8.27. The third kappa shape index (κ3) is 5.14. The van der Waals surface area contributed by atoms with Crippen molar-refractivity contribution in [2.45, 2.75) is 52.0 Å². The summed E-state index contributed by atoms with van der Waals surface area (Å²) in [5.74, 6) is 0.884. The molecule has 0 saturated heterocycles. The Morgan fingerprint density at radius 2 is 1.70 bits per heavy atom. The first-order valence-corrected chi connectivity index (χ1v) is 7.40. The van der Waals surface area contributed by atoms with Crippen LogP contribution in [-0.4, -0.2) is 30.4 Å². The van der Waals surface area contributed by atoms with Crippen molar-refractivity contribution in [3.63, 3.8) is 0 Å². The summed E-state index contributed by atoms with van der Waals surface area (Å²) in [4.78, 5) is 0. The number of hydrogen-bond donors (Lipinski definition) is 2. The van der Waals surface area contributed by atoms with Gasteiger partial charge in [0.15, 0.2) is 0 Å². The van der Waals surface area contributed by atoms with Crippen molar-refractivity contribution in [1.29, 1.82) is 0 Å². The molecule has 0 aliphatic carbocycles. The summed E-state index contributed by atoms with van der Waals surface area (Å²) in [5, 5.41) is 12.7. The van der Waals surface area contributed by atoms with Gasteiger partial charge < -0.3 is 15.2 Å². The van der Waals surface area contributed by atoms with Crippen molar-refractivity contribution in [2.75, 3.05) is 19.8 Å². The van der Waals surface area contributed by atoms with Crippen LogP contribution in [0.3, 0.4) is 0 Å². The summed E-state index contributed by atoms with van der Waals surface area (Å²) in [5.41, 5.74) is 1.21. The Labute approximate surface area is 123 Å². The van der Waals surface area contributed by atoms with E-state index in [1.165, 1.54) is 5.56 Å². The smallest absolute Gasteiger partial charge is 0.119 e. The molecule has 0 saturated carbocycles. The molecule has 0 fully saturated rings. The van der Waals surface area contributed by atoms with Crippen LogP contribution in [0.4, 0.5) is 0 Å². The SMILES string of the molecule is CCNC(C)(CO)CCOc1ccc(C(C)(C)C)cc1. The number of benzene rings is 1. The van der Waals surface area contributed by atoms with Crippen molar-refractivity contribution in [1.82, 2.24) is 5.32 Å². The van der Waals surface area contributed by atoms with Crippen molar-refractivity contribution in [2.24, 2.45) is 0 Å². The molecular weight excluding hydrogens is 250 g/mol. The van der Waals surface area contributed by atoms with Crippen molar-refractivity contribution in [3.05, 3.63) is 29.8 Å². The highest BCUT2D eigenvalue weighted by Crippen LogP contribution is 2.24. The average molecular weight is 279 g/mol. The molecule has 1 aromatic carbocycles. The van der Waals surface area contributed by atoms with Gasteiger partial charge in [0.1, 0.15) is 5.75 Å². The summed E-state index contributed by atoms with van der Waals surface area (Å²) in [6.45, 7) is 12.2. The highest BCUT2D eigenvalue weighted by molar-refractivity contribution is 5.31. The van der Waals surface area contributed by atoms with E-state index >= 15 is 0 Å². The minimum absolute atomic E-state index is 0.118. The van der Waals surface area contributed by atoms with E-state index in [9.17, 15) is 5.11 Å². The van der Waals surface area contributed by atoms with Gasteiger partial charge in [0.2, 0.25) is 0 Å². The van der Waals surface area contributed by atoms with Gasteiger partial charge in [-0.2, -0.15) is 0 Å². The molecular formula is C17H29NO2. The van der Waals surface area contributed by atoms with Gasteiger partial charge in [-0.25, -0.2) is 0 Å². The van der Waals surface area contributed by atoms with Crippen molar-refractivity contribution >= 4 is 0 Å². The molecule has 1 aromatic rings. The second-order valence-corrected chi connectivity index (χ2v) is 6.62. The first-order chi connectivity index (χ1) is 9.30. The topological polar surface area (TPSA) is 41.5 Å². The minimum Gasteiger partial charge on any atom is -0.494 e. The average Bonchev–Trinajstić information content (AvgIpc) is 2.38. The highest BCUT2D eigenvalue weighted by atomic mass is 16.5. The van der Waals surface area contributed by atoms with E-state index in [1.807, 2.05) is 26.0 Å². The number of hydrogen-bond acceptors (Lipinski definition) is 3. The lowest BCUT2D eigenvalue weighted by Gasteiger charge is -2.28. The number of likely N-dealkylation sites (N-methyl/N-ethyl adjacent to an activating group) is 1. The van der Waals surface area contributed by atoms with Gasteiger partial charge in [0.25, 0.3) is 0 Å². The summed E-state index contributed by atoms with van der Waals surface area (Å²) < 4.78 is 5.77. The predicted molar refractivity (Wildman–Crippen MR) is 84.4 cm³/mol. The lowest BCUT2D eigenvalue weighted by Crippen LogP contribution is -2.46. The molecule has 0 spiro atoms. The molecule has 114 valence electrons. The van der Waals surface area contributed by atoms with Gasteiger partial charge in [0, 0.05) is 12.0 Å². The fourth-order valence-electron chi connectivity index (χ4n) is 2.10. The molecule has 0 amide bonds. The third-order valence-corrected chi connectivity index (χ3v) is 3.60. The van der Waals surface area contributed by atoms with Crippen molar-refractivity contribution in [3.8, 4) is 5.75 Å². The van der Waals surface area contributed by atoms with Gasteiger partial charge in [-0.3, -0.25) is 0 Å². The molecule has 1 rings (SSSR count). The molecule has 3 nitrogen and oxygen atoms in total. The molecule has 0 radical (unpaired) electrons. The van der Waals surface area contributed by atoms with Crippen LogP contribution >= 0.6 is 0 Å². The zero-order valence-electron chi connectivity index (χ0n) is 13.5. The van der Waals surface area contributed by atoms with Crippen molar-refractivity contribution < 1.29 is 9.84 Å². The molecule has 1 atom stereocenters. The summed E-state index contributed by atoms with van der Waals surface area (Å²) >= 11 is 0. The fraction of sp³-hybridized carbons (Fsp3) is 0.647. The maximum atomic E-state index is 9.42. The van der Waals surface area contributed by atoms with E-state index < -0.39 is 0 Å². The molecule has 0 aliphatic heterocycles. The zero-order valence-corrected chi connectivity index (χ0v) is 13.5. The predicted octanol–water partition coefficient (Wildman–Crippen LogP) is 3.11. The molecule has 1 unspecified atom stereocenters. The number of aliphatic hydroxyl groups excluding tert-OH is 1. The van der Waals surface area contributed by atoms with E-state index in [0.29, 0.717) is 6.61 Å². The summed E-state index contributed by atoms with van der Waals surface area (Å²) in [7, 11) is 0. The van der Waals surface area contributed by atoms with E-state index in [0.717, 1.165) is 18.7 Å². The Morgan fingerprint density at radius 3 is 2.15 bits per heavy atom. The zero-order chi connectivity index (χ0) is 15.2. The first kappa shape index (κ1) is 17.0. The van der Waals surface area contributed by atoms with Crippen LogP contribution in [0, 0.1) is 0 Å². The standard InChI is InChI=1S/C17H29NO2/c1-6-18-17(5,13-19)11-12-20-15-9-7-14(8-10-15)16(2,3)4/h7-10,18-19H,6,11-13H2,1-5H3. The monoisotopic (exact) mass is 279 g/mol. The summed E-state index contributed by atoms with van der Waals surface area (Å²) in [6.07, 6.45) is 0.776.